The fourth-order valence-corrected chi connectivity index (χ4v) is 5.02. The first-order valence-corrected chi connectivity index (χ1v) is 8.72. The molecule has 0 unspecified atom stereocenters. The minimum absolute atomic E-state index is 0.0516. The molecule has 2 saturated heterocycles. The maximum absolute atomic E-state index is 10.5. The maximum atomic E-state index is 10.5. The third-order valence-corrected chi connectivity index (χ3v) is 6.03. The standard InChI is InChI=1S/C15H20O4Se/c1-9-12-13(19-15(2,3)18-12)11(16)14(17-9)20-10-7-5-4-6-8-10/h4-9,11-14,16H,1-3H3/t9-,11-,12+,13-,14+/m0/s1. The number of fused-ring (bicyclic) bond motifs is 1. The van der Waals surface area contributed by atoms with Gasteiger partial charge in [-0.2, -0.15) is 0 Å². The van der Waals surface area contributed by atoms with Gasteiger partial charge in [-0.15, -0.1) is 0 Å². The van der Waals surface area contributed by atoms with Gasteiger partial charge < -0.3 is 0 Å². The van der Waals surface area contributed by atoms with Crippen molar-refractivity contribution in [2.45, 2.75) is 56.0 Å². The fourth-order valence-electron chi connectivity index (χ4n) is 2.70. The Morgan fingerprint density at radius 3 is 2.45 bits per heavy atom. The number of aliphatic hydroxyl groups is 1. The Morgan fingerprint density at radius 2 is 1.75 bits per heavy atom. The van der Waals surface area contributed by atoms with Crippen molar-refractivity contribution in [2.24, 2.45) is 0 Å². The van der Waals surface area contributed by atoms with Crippen molar-refractivity contribution in [1.29, 1.82) is 0 Å². The van der Waals surface area contributed by atoms with Crippen LogP contribution in [0.4, 0.5) is 0 Å². The molecule has 2 fully saturated rings. The van der Waals surface area contributed by atoms with Gasteiger partial charge in [-0.25, -0.2) is 0 Å². The van der Waals surface area contributed by atoms with Gasteiger partial charge in [-0.1, -0.05) is 0 Å². The molecular weight excluding hydrogens is 323 g/mol. The first kappa shape index (κ1) is 14.5. The van der Waals surface area contributed by atoms with Gasteiger partial charge in [0.25, 0.3) is 0 Å². The van der Waals surface area contributed by atoms with Crippen molar-refractivity contribution < 1.29 is 19.3 Å². The molecule has 1 aromatic carbocycles. The molecule has 0 bridgehead atoms. The second-order valence-electron chi connectivity index (χ2n) is 5.70. The van der Waals surface area contributed by atoms with E-state index in [1.54, 1.807) is 0 Å². The number of benzene rings is 1. The van der Waals surface area contributed by atoms with Crippen LogP contribution in [0, 0.1) is 0 Å². The summed E-state index contributed by atoms with van der Waals surface area (Å²) in [5, 5.41) is 10.3. The summed E-state index contributed by atoms with van der Waals surface area (Å²) in [4.78, 5) is 0. The monoisotopic (exact) mass is 344 g/mol. The van der Waals surface area contributed by atoms with Gasteiger partial charge >= 0.3 is 125 Å². The molecule has 1 N–H and O–H groups in total. The summed E-state index contributed by atoms with van der Waals surface area (Å²) in [6.07, 6.45) is -1.20. The summed E-state index contributed by atoms with van der Waals surface area (Å²) in [5.41, 5.74) is 0. The molecular formula is C15H20O4Se. The molecule has 3 rings (SSSR count). The normalized spacial score (nSPS) is 39.5. The topological polar surface area (TPSA) is 47.9 Å². The van der Waals surface area contributed by atoms with Gasteiger partial charge in [0.15, 0.2) is 0 Å². The van der Waals surface area contributed by atoms with E-state index in [-0.39, 0.29) is 38.3 Å². The first-order valence-electron chi connectivity index (χ1n) is 6.87. The van der Waals surface area contributed by atoms with Crippen molar-refractivity contribution in [3.8, 4) is 0 Å². The predicted molar refractivity (Wildman–Crippen MR) is 76.0 cm³/mol. The second kappa shape index (κ2) is 5.41. The van der Waals surface area contributed by atoms with Gasteiger partial charge in [0, 0.05) is 0 Å². The molecule has 2 aliphatic rings. The Hall–Kier alpha value is -0.421. The summed E-state index contributed by atoms with van der Waals surface area (Å²) < 4.78 is 18.9. The zero-order valence-corrected chi connectivity index (χ0v) is 13.6. The van der Waals surface area contributed by atoms with E-state index in [9.17, 15) is 5.11 Å². The second-order valence-corrected chi connectivity index (χ2v) is 8.15. The Morgan fingerprint density at radius 1 is 1.10 bits per heavy atom. The summed E-state index contributed by atoms with van der Waals surface area (Å²) in [6, 6.07) is 10.2. The van der Waals surface area contributed by atoms with Crippen LogP contribution in [0.3, 0.4) is 0 Å². The van der Waals surface area contributed by atoms with Gasteiger partial charge in [0.05, 0.1) is 0 Å². The number of ether oxygens (including phenoxy) is 3. The van der Waals surface area contributed by atoms with Crippen molar-refractivity contribution in [2.75, 3.05) is 0 Å². The Kier molecular flexibility index (Phi) is 3.93. The summed E-state index contributed by atoms with van der Waals surface area (Å²) in [6.45, 7) is 5.74. The number of rotatable bonds is 2. The van der Waals surface area contributed by atoms with E-state index in [1.165, 1.54) is 4.46 Å². The van der Waals surface area contributed by atoms with Crippen LogP contribution in [0.5, 0.6) is 0 Å². The van der Waals surface area contributed by atoms with Gasteiger partial charge in [0.2, 0.25) is 0 Å². The molecule has 1 aromatic rings. The van der Waals surface area contributed by atoms with Crippen LogP contribution in [0.1, 0.15) is 20.8 Å². The SMILES string of the molecule is C[C@@H]1O[C@H]([Se]c2ccccc2)[C@@H](O)[C@@H]2OC(C)(C)O[C@@H]21. The molecule has 0 amide bonds. The average molecular weight is 343 g/mol. The van der Waals surface area contributed by atoms with Crippen molar-refractivity contribution in [3.63, 3.8) is 0 Å². The molecule has 0 saturated carbocycles. The average Bonchev–Trinajstić information content (AvgIpc) is 2.74. The molecule has 0 aliphatic carbocycles. The van der Waals surface area contributed by atoms with E-state index in [4.69, 9.17) is 14.2 Å². The van der Waals surface area contributed by atoms with Crippen LogP contribution in [-0.2, 0) is 14.2 Å². The summed E-state index contributed by atoms with van der Waals surface area (Å²) in [7, 11) is 0. The van der Waals surface area contributed by atoms with Crippen molar-refractivity contribution in [3.05, 3.63) is 30.3 Å². The van der Waals surface area contributed by atoms with Crippen LogP contribution in [0.25, 0.3) is 0 Å². The quantitative estimate of drug-likeness (QED) is 0.801. The first-order chi connectivity index (χ1) is 9.46. The minimum atomic E-state index is -0.650. The molecule has 5 heteroatoms. The zero-order chi connectivity index (χ0) is 14.3. The van der Waals surface area contributed by atoms with Crippen LogP contribution >= 0.6 is 0 Å². The van der Waals surface area contributed by atoms with Gasteiger partial charge in [-0.05, 0) is 0 Å². The molecule has 2 heterocycles. The van der Waals surface area contributed by atoms with Crippen molar-refractivity contribution >= 4 is 19.4 Å². The van der Waals surface area contributed by atoms with Gasteiger partial charge in [0.1, 0.15) is 0 Å². The third-order valence-electron chi connectivity index (χ3n) is 3.59. The summed E-state index contributed by atoms with van der Waals surface area (Å²) >= 11 is 0.0516. The Labute approximate surface area is 125 Å². The van der Waals surface area contributed by atoms with E-state index in [1.807, 2.05) is 39.0 Å². The number of aliphatic hydroxyl groups excluding tert-OH is 1. The van der Waals surface area contributed by atoms with Crippen molar-refractivity contribution in [1.82, 2.24) is 0 Å². The molecule has 110 valence electrons. The molecule has 0 spiro atoms. The predicted octanol–water partition coefficient (Wildman–Crippen LogP) is 0.642. The molecule has 5 atom stereocenters. The fraction of sp³-hybridized carbons (Fsp3) is 0.600. The van der Waals surface area contributed by atoms with Crippen LogP contribution in [-0.4, -0.2) is 55.3 Å². The van der Waals surface area contributed by atoms with Crippen LogP contribution < -0.4 is 4.46 Å². The molecule has 4 nitrogen and oxygen atoms in total. The molecule has 2 aliphatic heterocycles. The van der Waals surface area contributed by atoms with E-state index in [2.05, 4.69) is 12.1 Å². The van der Waals surface area contributed by atoms with E-state index >= 15 is 0 Å². The van der Waals surface area contributed by atoms with E-state index in [0.29, 0.717) is 0 Å². The third kappa shape index (κ3) is 2.80. The molecule has 0 aromatic heterocycles. The van der Waals surface area contributed by atoms with Crippen LogP contribution in [0.15, 0.2) is 30.3 Å². The van der Waals surface area contributed by atoms with E-state index in [0.717, 1.165) is 0 Å². The summed E-state index contributed by atoms with van der Waals surface area (Å²) in [5.74, 6) is -0.650. The van der Waals surface area contributed by atoms with Crippen LogP contribution in [0.2, 0.25) is 0 Å². The Bertz CT molecular complexity index is 464. The van der Waals surface area contributed by atoms with E-state index < -0.39 is 11.9 Å². The number of hydrogen-bond donors (Lipinski definition) is 1. The van der Waals surface area contributed by atoms with Gasteiger partial charge in [-0.3, -0.25) is 0 Å². The Balaban J connectivity index is 1.75. The number of hydrogen-bond acceptors (Lipinski definition) is 4. The molecule has 20 heavy (non-hydrogen) atoms. The zero-order valence-electron chi connectivity index (χ0n) is 11.9. The molecule has 0 radical (unpaired) electrons.